The van der Waals surface area contributed by atoms with Crippen LogP contribution < -0.4 is 0 Å². The first kappa shape index (κ1) is 13.3. The van der Waals surface area contributed by atoms with Gasteiger partial charge in [-0.3, -0.25) is 14.8 Å². The monoisotopic (exact) mass is 249 g/mol. The Morgan fingerprint density at radius 1 is 1.39 bits per heavy atom. The first-order chi connectivity index (χ1) is 8.72. The highest BCUT2D eigenvalue weighted by atomic mass is 16.3. The summed E-state index contributed by atoms with van der Waals surface area (Å²) in [6.45, 7) is 9.88. The highest BCUT2D eigenvalue weighted by Crippen LogP contribution is 2.17. The van der Waals surface area contributed by atoms with Crippen LogP contribution in [0.4, 0.5) is 0 Å². The van der Waals surface area contributed by atoms with Gasteiger partial charge in [-0.15, -0.1) is 0 Å². The van der Waals surface area contributed by atoms with E-state index in [9.17, 15) is 5.11 Å². The molecule has 0 amide bonds. The molecule has 1 unspecified atom stereocenters. The van der Waals surface area contributed by atoms with Crippen LogP contribution in [0.2, 0.25) is 0 Å². The van der Waals surface area contributed by atoms with E-state index < -0.39 is 0 Å². The lowest BCUT2D eigenvalue weighted by Gasteiger charge is -2.26. The zero-order valence-electron chi connectivity index (χ0n) is 11.3. The zero-order chi connectivity index (χ0) is 13.0. The van der Waals surface area contributed by atoms with Gasteiger partial charge in [-0.25, -0.2) is 0 Å². The normalized spacial score (nSPS) is 20.7. The minimum absolute atomic E-state index is 0.237. The summed E-state index contributed by atoms with van der Waals surface area (Å²) < 4.78 is 0. The number of nitrogens with zero attached hydrogens (tertiary/aromatic N) is 3. The fourth-order valence-corrected chi connectivity index (χ4v) is 2.73. The Morgan fingerprint density at radius 3 is 2.78 bits per heavy atom. The molecular weight excluding hydrogens is 226 g/mol. The van der Waals surface area contributed by atoms with Crippen LogP contribution in [0.5, 0.6) is 5.75 Å². The number of aromatic hydroxyl groups is 1. The molecule has 2 rings (SSSR count). The maximum absolute atomic E-state index is 9.21. The number of aromatic nitrogens is 1. The number of pyridine rings is 1. The molecule has 0 bridgehead atoms. The van der Waals surface area contributed by atoms with E-state index in [1.165, 1.54) is 12.6 Å². The summed E-state index contributed by atoms with van der Waals surface area (Å²) in [6, 6.07) is 4.30. The van der Waals surface area contributed by atoms with Crippen molar-refractivity contribution < 1.29 is 5.11 Å². The number of hydrogen-bond donors (Lipinski definition) is 1. The predicted molar refractivity (Wildman–Crippen MR) is 72.5 cm³/mol. The van der Waals surface area contributed by atoms with Crippen LogP contribution in [0.3, 0.4) is 0 Å². The Morgan fingerprint density at radius 2 is 2.17 bits per heavy atom. The maximum Gasteiger partial charge on any atom is 0.133 e. The lowest BCUT2D eigenvalue weighted by molar-refractivity contribution is 0.208. The fraction of sp³-hybridized carbons (Fsp3) is 0.643. The largest absolute Gasteiger partial charge is 0.506 e. The molecule has 1 aliphatic rings. The van der Waals surface area contributed by atoms with Gasteiger partial charge in [0.2, 0.25) is 0 Å². The van der Waals surface area contributed by atoms with Crippen molar-refractivity contribution in [3.63, 3.8) is 0 Å². The van der Waals surface area contributed by atoms with E-state index in [2.05, 4.69) is 28.6 Å². The van der Waals surface area contributed by atoms with Crippen molar-refractivity contribution in [3.8, 4) is 5.75 Å². The third kappa shape index (κ3) is 3.21. The van der Waals surface area contributed by atoms with Gasteiger partial charge in [-0.2, -0.15) is 0 Å². The van der Waals surface area contributed by atoms with Gasteiger partial charge in [0.05, 0.1) is 11.9 Å². The SMILES string of the molecule is CCN(CC)C1CCN(Cc2ccc(O)cn2)C1. The smallest absolute Gasteiger partial charge is 0.133 e. The van der Waals surface area contributed by atoms with Crippen LogP contribution >= 0.6 is 0 Å². The molecule has 4 nitrogen and oxygen atoms in total. The minimum atomic E-state index is 0.237. The number of hydrogen-bond acceptors (Lipinski definition) is 4. The Kier molecular flexibility index (Phi) is 4.55. The number of likely N-dealkylation sites (tertiary alicyclic amines) is 1. The molecule has 1 aromatic rings. The second kappa shape index (κ2) is 6.16. The summed E-state index contributed by atoms with van der Waals surface area (Å²) in [4.78, 5) is 9.23. The minimum Gasteiger partial charge on any atom is -0.506 e. The predicted octanol–water partition coefficient (Wildman–Crippen LogP) is 1.70. The van der Waals surface area contributed by atoms with Crippen LogP contribution in [0.15, 0.2) is 18.3 Å². The van der Waals surface area contributed by atoms with Crippen molar-refractivity contribution in [2.45, 2.75) is 32.9 Å². The summed E-state index contributed by atoms with van der Waals surface area (Å²) in [5.41, 5.74) is 1.04. The van der Waals surface area contributed by atoms with Crippen molar-refractivity contribution in [2.24, 2.45) is 0 Å². The van der Waals surface area contributed by atoms with Crippen molar-refractivity contribution in [1.29, 1.82) is 0 Å². The van der Waals surface area contributed by atoms with Crippen molar-refractivity contribution in [1.82, 2.24) is 14.8 Å². The van der Waals surface area contributed by atoms with Gasteiger partial charge in [0, 0.05) is 25.7 Å². The molecule has 0 radical (unpaired) electrons. The summed E-state index contributed by atoms with van der Waals surface area (Å²) in [5.74, 6) is 0.237. The zero-order valence-corrected chi connectivity index (χ0v) is 11.3. The van der Waals surface area contributed by atoms with Gasteiger partial charge < -0.3 is 5.11 Å². The van der Waals surface area contributed by atoms with Gasteiger partial charge in [0.25, 0.3) is 0 Å². The summed E-state index contributed by atoms with van der Waals surface area (Å²) in [5, 5.41) is 9.21. The summed E-state index contributed by atoms with van der Waals surface area (Å²) in [7, 11) is 0. The number of rotatable bonds is 5. The van der Waals surface area contributed by atoms with E-state index in [1.807, 2.05) is 6.07 Å². The van der Waals surface area contributed by atoms with Gasteiger partial charge in [-0.05, 0) is 31.6 Å². The molecule has 4 heteroatoms. The van der Waals surface area contributed by atoms with E-state index in [4.69, 9.17) is 0 Å². The van der Waals surface area contributed by atoms with Gasteiger partial charge >= 0.3 is 0 Å². The number of likely N-dealkylation sites (N-methyl/N-ethyl adjacent to an activating group) is 1. The summed E-state index contributed by atoms with van der Waals surface area (Å²) in [6.07, 6.45) is 2.77. The Bertz CT molecular complexity index is 362. The molecule has 1 N–H and O–H groups in total. The van der Waals surface area contributed by atoms with E-state index >= 15 is 0 Å². The standard InChI is InChI=1S/C14H23N3O/c1-3-17(4-2)13-7-8-16(11-13)10-12-5-6-14(18)9-15-12/h5-6,9,13,18H,3-4,7-8,10-11H2,1-2H3. The van der Waals surface area contributed by atoms with Crippen LogP contribution in [0.25, 0.3) is 0 Å². The van der Waals surface area contributed by atoms with Gasteiger partial charge in [0.1, 0.15) is 5.75 Å². The molecule has 0 aromatic carbocycles. The molecular formula is C14H23N3O. The Hall–Kier alpha value is -1.13. The highest BCUT2D eigenvalue weighted by molar-refractivity contribution is 5.17. The lowest BCUT2D eigenvalue weighted by Crippen LogP contribution is -2.37. The summed E-state index contributed by atoms with van der Waals surface area (Å²) >= 11 is 0. The molecule has 1 fully saturated rings. The van der Waals surface area contributed by atoms with Gasteiger partial charge in [-0.1, -0.05) is 13.8 Å². The quantitative estimate of drug-likeness (QED) is 0.862. The molecule has 0 aliphatic carbocycles. The van der Waals surface area contributed by atoms with Crippen LogP contribution in [0, 0.1) is 0 Å². The average Bonchev–Trinajstić information content (AvgIpc) is 2.82. The molecule has 1 saturated heterocycles. The molecule has 2 heterocycles. The third-order valence-electron chi connectivity index (χ3n) is 3.77. The molecule has 0 spiro atoms. The van der Waals surface area contributed by atoms with Crippen LogP contribution in [-0.2, 0) is 6.54 Å². The maximum atomic E-state index is 9.21. The second-order valence-corrected chi connectivity index (χ2v) is 4.91. The van der Waals surface area contributed by atoms with E-state index in [0.29, 0.717) is 6.04 Å². The van der Waals surface area contributed by atoms with Crippen molar-refractivity contribution in [2.75, 3.05) is 26.2 Å². The average molecular weight is 249 g/mol. The van der Waals surface area contributed by atoms with Crippen molar-refractivity contribution >= 4 is 0 Å². The second-order valence-electron chi connectivity index (χ2n) is 4.91. The van der Waals surface area contributed by atoms with Gasteiger partial charge in [0.15, 0.2) is 0 Å². The molecule has 1 atom stereocenters. The van der Waals surface area contributed by atoms with E-state index in [0.717, 1.165) is 38.4 Å². The first-order valence-corrected chi connectivity index (χ1v) is 6.83. The highest BCUT2D eigenvalue weighted by Gasteiger charge is 2.26. The Balaban J connectivity index is 1.87. The molecule has 1 aliphatic heterocycles. The van der Waals surface area contributed by atoms with Crippen LogP contribution in [0.1, 0.15) is 26.0 Å². The fourth-order valence-electron chi connectivity index (χ4n) is 2.73. The van der Waals surface area contributed by atoms with Crippen LogP contribution in [-0.4, -0.2) is 52.1 Å². The Labute approximate surface area is 109 Å². The first-order valence-electron chi connectivity index (χ1n) is 6.83. The molecule has 1 aromatic heterocycles. The molecule has 0 saturated carbocycles. The molecule has 100 valence electrons. The third-order valence-corrected chi connectivity index (χ3v) is 3.77. The lowest BCUT2D eigenvalue weighted by atomic mass is 10.2. The van der Waals surface area contributed by atoms with E-state index in [-0.39, 0.29) is 5.75 Å². The van der Waals surface area contributed by atoms with E-state index in [1.54, 1.807) is 6.07 Å². The van der Waals surface area contributed by atoms with Crippen molar-refractivity contribution in [3.05, 3.63) is 24.0 Å². The molecule has 18 heavy (non-hydrogen) atoms. The topological polar surface area (TPSA) is 39.6 Å².